The predicted octanol–water partition coefficient (Wildman–Crippen LogP) is 6.11. The number of nitrogens with zero attached hydrogens (tertiary/aromatic N) is 2. The number of fused-ring (bicyclic) bond motifs is 6. The molecule has 276 valence electrons. The van der Waals surface area contributed by atoms with Crippen LogP contribution in [0, 0.1) is 0 Å². The lowest BCUT2D eigenvalue weighted by Gasteiger charge is -2.19. The van der Waals surface area contributed by atoms with E-state index in [9.17, 15) is 0 Å². The van der Waals surface area contributed by atoms with Crippen LogP contribution in [0.25, 0.3) is 99.5 Å². The maximum absolute atomic E-state index is 7.37. The highest BCUT2D eigenvalue weighted by atomic mass is 15.0. The molecule has 0 N–H and O–H groups in total. The summed E-state index contributed by atoms with van der Waals surface area (Å²) in [5.41, 5.74) is 15.0. The first-order valence-corrected chi connectivity index (χ1v) is 20.7. The van der Waals surface area contributed by atoms with Crippen LogP contribution < -0.4 is 38.2 Å². The molecule has 63 heavy (non-hydrogen) atoms. The summed E-state index contributed by atoms with van der Waals surface area (Å²) in [6.07, 6.45) is 0. The number of aromatic nitrogens is 2. The van der Waals surface area contributed by atoms with Crippen LogP contribution in [0.15, 0.2) is 176 Å². The van der Waals surface area contributed by atoms with E-state index in [4.69, 9.17) is 54.9 Å². The first kappa shape index (κ1) is 38.9. The van der Waals surface area contributed by atoms with E-state index < -0.39 is 0 Å². The quantitative estimate of drug-likeness (QED) is 0.181. The van der Waals surface area contributed by atoms with E-state index in [-0.39, 0.29) is 21.9 Å². The lowest BCUT2D eigenvalue weighted by molar-refractivity contribution is 1.18. The molecule has 0 saturated carbocycles. The van der Waals surface area contributed by atoms with Crippen molar-refractivity contribution < 1.29 is 0 Å². The summed E-state index contributed by atoms with van der Waals surface area (Å²) >= 11 is 0. The van der Waals surface area contributed by atoms with Crippen LogP contribution in [0.1, 0.15) is 0 Å². The largest absolute Gasteiger partial charge is 0.311 e. The van der Waals surface area contributed by atoms with Crippen molar-refractivity contribution in [2.45, 2.75) is 0 Å². The second-order valence-electron chi connectivity index (χ2n) is 16.0. The smallest absolute Gasteiger partial charge is 0.115 e. The lowest BCUT2D eigenvalue weighted by atomic mass is 9.64. The highest BCUT2D eigenvalue weighted by molar-refractivity contribution is 6.69. The fraction of sp³-hybridized carbons (Fsp3) is 0. The monoisotopic (exact) mass is 782 g/mol. The molecule has 2 nitrogen and oxygen atoms in total. The van der Waals surface area contributed by atoms with Gasteiger partial charge in [-0.15, -0.1) is 10.9 Å². The average Bonchev–Trinajstić information content (AvgIpc) is 3.87. The molecule has 0 spiro atoms. The maximum atomic E-state index is 7.37. The summed E-state index contributed by atoms with van der Waals surface area (Å²) in [5, 5.41) is 3.23. The Hall–Kier alpha value is -6.97. The molecule has 0 atom stereocenters. The van der Waals surface area contributed by atoms with Gasteiger partial charge in [0.2, 0.25) is 0 Å². The van der Waals surface area contributed by atoms with Crippen molar-refractivity contribution in [3.05, 3.63) is 176 Å². The minimum Gasteiger partial charge on any atom is -0.311 e. The van der Waals surface area contributed by atoms with Crippen LogP contribution in [0.5, 0.6) is 0 Å². The van der Waals surface area contributed by atoms with Gasteiger partial charge in [0.05, 0.1) is 11.0 Å². The van der Waals surface area contributed by atoms with Crippen LogP contribution in [0.2, 0.25) is 0 Å². The molecule has 0 fully saturated rings. The Kier molecular flexibility index (Phi) is 9.35. The SMILES string of the molecule is [B]c1c([B])c([B])c2c(c1[B])c1c([B])c(-c3ccc4c(c3)c3cccc(-c5ccc(-c6ccccc6)cc5)c3n4-c3ccccc3)c([B])c([B])c1n2-c1ccc(-c2ccccc2)cc1. The van der Waals surface area contributed by atoms with Gasteiger partial charge in [-0.05, 0) is 80.7 Å². The van der Waals surface area contributed by atoms with E-state index in [1.165, 1.54) is 5.56 Å². The first-order valence-electron chi connectivity index (χ1n) is 20.7. The van der Waals surface area contributed by atoms with Crippen LogP contribution >= 0.6 is 0 Å². The maximum Gasteiger partial charge on any atom is 0.115 e. The van der Waals surface area contributed by atoms with Crippen molar-refractivity contribution in [3.8, 4) is 55.9 Å². The average molecular weight is 782 g/mol. The molecule has 0 amide bonds. The Bertz CT molecular complexity index is 3600. The topological polar surface area (TPSA) is 9.86 Å². The van der Waals surface area contributed by atoms with Crippen molar-refractivity contribution >= 4 is 137 Å². The summed E-state index contributed by atoms with van der Waals surface area (Å²) in [6, 6.07) is 60.6. The van der Waals surface area contributed by atoms with Gasteiger partial charge in [0.15, 0.2) is 0 Å². The van der Waals surface area contributed by atoms with E-state index in [1.54, 1.807) is 0 Å². The minimum absolute atomic E-state index is 0.176. The van der Waals surface area contributed by atoms with E-state index in [0.29, 0.717) is 43.8 Å². The van der Waals surface area contributed by atoms with Crippen LogP contribution in [0.3, 0.4) is 0 Å². The Balaban J connectivity index is 1.15. The standard InChI is InChI=1S/C54H29B7N2/c55-45-42(46(56)50(60)53-43(45)44-47(57)48(58)49(59)51(61)54(44)63(53)37-26-23-33(24-27-37)31-13-6-2-7-14-31)35-25-28-41-40(29-35)39-18-10-17-38(52(39)62(41)36-15-8-3-9-16-36)34-21-19-32(20-22-34)30-11-4-1-5-12-30/h1-29H. The molecule has 0 aliphatic heterocycles. The van der Waals surface area contributed by atoms with Crippen LogP contribution in [-0.2, 0) is 0 Å². The molecule has 0 saturated heterocycles. The third kappa shape index (κ3) is 6.04. The molecule has 2 heterocycles. The minimum atomic E-state index is 0.176. The molecule has 2 aromatic heterocycles. The number of rotatable bonds is 6. The van der Waals surface area contributed by atoms with Gasteiger partial charge in [0, 0.05) is 44.1 Å². The molecule has 0 aliphatic rings. The van der Waals surface area contributed by atoms with Gasteiger partial charge >= 0.3 is 0 Å². The van der Waals surface area contributed by atoms with Gasteiger partial charge in [-0.3, -0.25) is 0 Å². The number of para-hydroxylation sites is 2. The Morgan fingerprint density at radius 3 is 1.38 bits per heavy atom. The lowest BCUT2D eigenvalue weighted by Crippen LogP contribution is -2.48. The molecule has 11 rings (SSSR count). The highest BCUT2D eigenvalue weighted by Crippen LogP contribution is 2.40. The van der Waals surface area contributed by atoms with Gasteiger partial charge in [-0.2, -0.15) is 0 Å². The third-order valence-corrected chi connectivity index (χ3v) is 12.5. The zero-order valence-corrected chi connectivity index (χ0v) is 34.2. The van der Waals surface area contributed by atoms with Crippen LogP contribution in [0.4, 0.5) is 0 Å². The normalized spacial score (nSPS) is 11.6. The zero-order valence-electron chi connectivity index (χ0n) is 34.2. The summed E-state index contributed by atoms with van der Waals surface area (Å²) in [6.45, 7) is 0. The molecule has 0 aliphatic carbocycles. The Morgan fingerprint density at radius 1 is 0.286 bits per heavy atom. The van der Waals surface area contributed by atoms with Crippen molar-refractivity contribution in [2.75, 3.05) is 0 Å². The van der Waals surface area contributed by atoms with Crippen molar-refractivity contribution in [1.82, 2.24) is 9.13 Å². The first-order chi connectivity index (χ1) is 30.7. The number of hydrogen-bond donors (Lipinski definition) is 0. The molecular formula is C54H29B7N2. The summed E-state index contributed by atoms with van der Waals surface area (Å²) in [4.78, 5) is 0. The molecular weight excluding hydrogens is 752 g/mol. The fourth-order valence-corrected chi connectivity index (χ4v) is 9.47. The van der Waals surface area contributed by atoms with E-state index >= 15 is 0 Å². The third-order valence-electron chi connectivity index (χ3n) is 12.5. The van der Waals surface area contributed by atoms with Gasteiger partial charge in [0.1, 0.15) is 54.9 Å². The molecule has 0 bridgehead atoms. The Morgan fingerprint density at radius 2 is 0.762 bits per heavy atom. The van der Waals surface area contributed by atoms with Gasteiger partial charge in [-0.1, -0.05) is 167 Å². The molecule has 11 aromatic rings. The molecule has 14 radical (unpaired) electrons. The predicted molar refractivity (Wildman–Crippen MR) is 275 cm³/mol. The van der Waals surface area contributed by atoms with E-state index in [1.807, 2.05) is 65.2 Å². The second-order valence-corrected chi connectivity index (χ2v) is 16.0. The molecule has 9 heteroatoms. The fourth-order valence-electron chi connectivity index (χ4n) is 9.47. The summed E-state index contributed by atoms with van der Waals surface area (Å²) in [5.74, 6) is 0. The van der Waals surface area contributed by atoms with Crippen LogP contribution in [-0.4, -0.2) is 64.1 Å². The highest BCUT2D eigenvalue weighted by Gasteiger charge is 2.25. The Labute approximate surface area is 375 Å². The zero-order chi connectivity index (χ0) is 43.1. The van der Waals surface area contributed by atoms with Gasteiger partial charge in [-0.25, -0.2) is 0 Å². The van der Waals surface area contributed by atoms with Crippen molar-refractivity contribution in [2.24, 2.45) is 0 Å². The van der Waals surface area contributed by atoms with E-state index in [2.05, 4.69) is 120 Å². The number of hydrogen-bond acceptors (Lipinski definition) is 0. The summed E-state index contributed by atoms with van der Waals surface area (Å²) < 4.78 is 4.27. The van der Waals surface area contributed by atoms with Crippen molar-refractivity contribution in [1.29, 1.82) is 0 Å². The van der Waals surface area contributed by atoms with Gasteiger partial charge < -0.3 is 9.13 Å². The number of benzene rings is 9. The van der Waals surface area contributed by atoms with Crippen molar-refractivity contribution in [3.63, 3.8) is 0 Å². The summed E-state index contributed by atoms with van der Waals surface area (Å²) in [7, 11) is 48.5. The van der Waals surface area contributed by atoms with E-state index in [0.717, 1.165) is 66.6 Å². The molecule has 0 unspecified atom stereocenters. The van der Waals surface area contributed by atoms with Gasteiger partial charge in [0.25, 0.3) is 0 Å². The second kappa shape index (κ2) is 15.1. The molecule has 9 aromatic carbocycles.